The molecule has 0 aliphatic rings. The fourth-order valence-electron chi connectivity index (χ4n) is 2.56. The lowest BCUT2D eigenvalue weighted by atomic mass is 10.2. The minimum atomic E-state index is 0.679. The van der Waals surface area contributed by atoms with Crippen molar-refractivity contribution in [2.24, 2.45) is 0 Å². The second-order valence-electron chi connectivity index (χ2n) is 6.16. The van der Waals surface area contributed by atoms with Crippen molar-refractivity contribution >= 4 is 0 Å². The number of allylic oxidation sites excluding steroid dienone is 1. The molecular formula is C19H27N3O. The van der Waals surface area contributed by atoms with Crippen molar-refractivity contribution in [3.63, 3.8) is 0 Å². The Morgan fingerprint density at radius 2 is 1.96 bits per heavy atom. The molecule has 0 atom stereocenters. The average molecular weight is 313 g/mol. The van der Waals surface area contributed by atoms with Gasteiger partial charge in [-0.05, 0) is 40.0 Å². The van der Waals surface area contributed by atoms with Gasteiger partial charge in [-0.1, -0.05) is 30.4 Å². The van der Waals surface area contributed by atoms with Crippen LogP contribution in [0.2, 0.25) is 0 Å². The second kappa shape index (κ2) is 7.97. The van der Waals surface area contributed by atoms with Crippen molar-refractivity contribution < 1.29 is 4.74 Å². The van der Waals surface area contributed by atoms with Crippen LogP contribution in [-0.4, -0.2) is 34.9 Å². The standard InChI is InChI=1S/C19H27N3O/c1-15(2)13-22-17(4)19(16(3)20-22)14-21(5)11-12-23-18-9-7-6-8-10-18/h6-10H,1,11-14H2,2-5H3. The summed E-state index contributed by atoms with van der Waals surface area (Å²) in [4.78, 5) is 2.27. The minimum Gasteiger partial charge on any atom is -0.492 e. The molecule has 1 heterocycles. The lowest BCUT2D eigenvalue weighted by Gasteiger charge is -2.17. The number of para-hydroxylation sites is 1. The van der Waals surface area contributed by atoms with Crippen LogP contribution in [0.3, 0.4) is 0 Å². The number of aryl methyl sites for hydroxylation is 1. The Morgan fingerprint density at radius 1 is 1.26 bits per heavy atom. The van der Waals surface area contributed by atoms with E-state index in [4.69, 9.17) is 4.74 Å². The number of ether oxygens (including phenoxy) is 1. The summed E-state index contributed by atoms with van der Waals surface area (Å²) in [6, 6.07) is 9.93. The summed E-state index contributed by atoms with van der Waals surface area (Å²) < 4.78 is 7.80. The van der Waals surface area contributed by atoms with Gasteiger partial charge in [0.1, 0.15) is 12.4 Å². The van der Waals surface area contributed by atoms with E-state index in [-0.39, 0.29) is 0 Å². The molecule has 0 amide bonds. The molecule has 23 heavy (non-hydrogen) atoms. The molecule has 2 rings (SSSR count). The third-order valence-electron chi connectivity index (χ3n) is 3.86. The van der Waals surface area contributed by atoms with Crippen LogP contribution in [0.25, 0.3) is 0 Å². The molecule has 124 valence electrons. The van der Waals surface area contributed by atoms with E-state index in [9.17, 15) is 0 Å². The Balaban J connectivity index is 1.88. The normalized spacial score (nSPS) is 11.0. The third kappa shape index (κ3) is 4.96. The summed E-state index contributed by atoms with van der Waals surface area (Å²) >= 11 is 0. The number of likely N-dealkylation sites (N-methyl/N-ethyl adjacent to an activating group) is 1. The van der Waals surface area contributed by atoms with Gasteiger partial charge in [0.05, 0.1) is 12.2 Å². The molecule has 0 N–H and O–H groups in total. The van der Waals surface area contributed by atoms with Crippen LogP contribution in [0.1, 0.15) is 23.9 Å². The highest BCUT2D eigenvalue weighted by atomic mass is 16.5. The minimum absolute atomic E-state index is 0.679. The maximum atomic E-state index is 5.76. The zero-order valence-electron chi connectivity index (χ0n) is 14.7. The molecule has 0 aliphatic heterocycles. The molecule has 0 fully saturated rings. The summed E-state index contributed by atoms with van der Waals surface area (Å²) in [6.45, 7) is 13.4. The molecule has 1 aromatic carbocycles. The first-order valence-corrected chi connectivity index (χ1v) is 8.01. The lowest BCUT2D eigenvalue weighted by molar-refractivity contribution is 0.232. The van der Waals surface area contributed by atoms with E-state index in [2.05, 4.69) is 37.5 Å². The molecule has 0 aliphatic carbocycles. The highest BCUT2D eigenvalue weighted by molar-refractivity contribution is 5.25. The van der Waals surface area contributed by atoms with Gasteiger partial charge in [-0.3, -0.25) is 9.58 Å². The predicted octanol–water partition coefficient (Wildman–Crippen LogP) is 3.59. The van der Waals surface area contributed by atoms with Crippen molar-refractivity contribution in [1.82, 2.24) is 14.7 Å². The molecule has 0 saturated heterocycles. The van der Waals surface area contributed by atoms with Crippen molar-refractivity contribution in [2.75, 3.05) is 20.2 Å². The average Bonchev–Trinajstić information content (AvgIpc) is 2.75. The Labute approximate surface area is 139 Å². The largest absolute Gasteiger partial charge is 0.492 e. The molecule has 0 radical (unpaired) electrons. The van der Waals surface area contributed by atoms with Crippen molar-refractivity contribution in [3.8, 4) is 5.75 Å². The van der Waals surface area contributed by atoms with E-state index in [0.29, 0.717) is 6.61 Å². The highest BCUT2D eigenvalue weighted by Gasteiger charge is 2.13. The summed E-state index contributed by atoms with van der Waals surface area (Å²) in [6.07, 6.45) is 0. The fraction of sp³-hybridized carbons (Fsp3) is 0.421. The molecule has 2 aromatic rings. The number of benzene rings is 1. The first kappa shape index (κ1) is 17.3. The van der Waals surface area contributed by atoms with Crippen LogP contribution in [0, 0.1) is 13.8 Å². The molecule has 4 heteroatoms. The Morgan fingerprint density at radius 3 is 2.61 bits per heavy atom. The Bertz CT molecular complexity index is 646. The predicted molar refractivity (Wildman–Crippen MR) is 94.8 cm³/mol. The van der Waals surface area contributed by atoms with Crippen molar-refractivity contribution in [3.05, 3.63) is 59.4 Å². The molecule has 0 saturated carbocycles. The van der Waals surface area contributed by atoms with Gasteiger partial charge in [0, 0.05) is 24.3 Å². The van der Waals surface area contributed by atoms with Gasteiger partial charge in [0.25, 0.3) is 0 Å². The number of rotatable bonds is 8. The lowest BCUT2D eigenvalue weighted by Crippen LogP contribution is -2.24. The van der Waals surface area contributed by atoms with E-state index in [1.54, 1.807) is 0 Å². The quantitative estimate of drug-likeness (QED) is 0.698. The molecule has 0 spiro atoms. The number of hydrogen-bond donors (Lipinski definition) is 0. The van der Waals surface area contributed by atoms with Gasteiger partial charge in [0.2, 0.25) is 0 Å². The van der Waals surface area contributed by atoms with Crippen LogP contribution < -0.4 is 4.74 Å². The Kier molecular flexibility index (Phi) is 5.99. The summed E-state index contributed by atoms with van der Waals surface area (Å²) in [5.74, 6) is 0.919. The van der Waals surface area contributed by atoms with Crippen LogP contribution >= 0.6 is 0 Å². The van der Waals surface area contributed by atoms with E-state index in [0.717, 1.165) is 36.7 Å². The highest BCUT2D eigenvalue weighted by Crippen LogP contribution is 2.16. The van der Waals surface area contributed by atoms with Gasteiger partial charge in [-0.15, -0.1) is 0 Å². The second-order valence-corrected chi connectivity index (χ2v) is 6.16. The number of aromatic nitrogens is 2. The van der Waals surface area contributed by atoms with Crippen molar-refractivity contribution in [2.45, 2.75) is 33.9 Å². The summed E-state index contributed by atoms with van der Waals surface area (Å²) in [5.41, 5.74) is 4.74. The Hall–Kier alpha value is -2.07. The van der Waals surface area contributed by atoms with Gasteiger partial charge in [-0.2, -0.15) is 5.10 Å². The molecule has 4 nitrogen and oxygen atoms in total. The fourth-order valence-corrected chi connectivity index (χ4v) is 2.56. The molecule has 1 aromatic heterocycles. The first-order chi connectivity index (χ1) is 11.0. The molecular weight excluding hydrogens is 286 g/mol. The number of nitrogens with zero attached hydrogens (tertiary/aromatic N) is 3. The van der Waals surface area contributed by atoms with Gasteiger partial charge in [-0.25, -0.2) is 0 Å². The van der Waals surface area contributed by atoms with E-state index in [1.807, 2.05) is 41.9 Å². The SMILES string of the molecule is C=C(C)Cn1nc(C)c(CN(C)CCOc2ccccc2)c1C. The van der Waals surface area contributed by atoms with Crippen molar-refractivity contribution in [1.29, 1.82) is 0 Å². The maximum absolute atomic E-state index is 5.76. The zero-order chi connectivity index (χ0) is 16.8. The first-order valence-electron chi connectivity index (χ1n) is 8.01. The summed E-state index contributed by atoms with van der Waals surface area (Å²) in [5, 5.41) is 4.63. The molecule has 0 bridgehead atoms. The zero-order valence-corrected chi connectivity index (χ0v) is 14.7. The topological polar surface area (TPSA) is 30.3 Å². The summed E-state index contributed by atoms with van der Waals surface area (Å²) in [7, 11) is 2.11. The van der Waals surface area contributed by atoms with Crippen LogP contribution in [-0.2, 0) is 13.1 Å². The van der Waals surface area contributed by atoms with Crippen LogP contribution in [0.4, 0.5) is 0 Å². The third-order valence-corrected chi connectivity index (χ3v) is 3.86. The van der Waals surface area contributed by atoms with Gasteiger partial charge in [0.15, 0.2) is 0 Å². The smallest absolute Gasteiger partial charge is 0.119 e. The van der Waals surface area contributed by atoms with E-state index in [1.165, 1.54) is 11.3 Å². The van der Waals surface area contributed by atoms with Gasteiger partial charge < -0.3 is 4.74 Å². The maximum Gasteiger partial charge on any atom is 0.119 e. The van der Waals surface area contributed by atoms with E-state index < -0.39 is 0 Å². The van der Waals surface area contributed by atoms with Crippen LogP contribution in [0.15, 0.2) is 42.5 Å². The number of hydrogen-bond acceptors (Lipinski definition) is 3. The monoisotopic (exact) mass is 313 g/mol. The van der Waals surface area contributed by atoms with Gasteiger partial charge >= 0.3 is 0 Å². The molecule has 0 unspecified atom stereocenters. The van der Waals surface area contributed by atoms with E-state index >= 15 is 0 Å². The van der Waals surface area contributed by atoms with Crippen LogP contribution in [0.5, 0.6) is 5.75 Å².